The molecular weight excluding hydrogens is 288 g/mol. The molecule has 0 bridgehead atoms. The Labute approximate surface area is 136 Å². The maximum absolute atomic E-state index is 12.7. The van der Waals surface area contributed by atoms with Crippen molar-refractivity contribution in [3.8, 4) is 0 Å². The minimum absolute atomic E-state index is 0.0842. The monoisotopic (exact) mass is 312 g/mol. The molecule has 5 nitrogen and oxygen atoms in total. The van der Waals surface area contributed by atoms with Gasteiger partial charge in [0.05, 0.1) is 10.9 Å². The van der Waals surface area contributed by atoms with E-state index in [4.69, 9.17) is 4.98 Å². The lowest BCUT2D eigenvalue weighted by Crippen LogP contribution is -2.50. The molecule has 2 heterocycles. The number of likely N-dealkylation sites (N-methyl/N-ethyl adjacent to an activating group) is 1. The van der Waals surface area contributed by atoms with E-state index < -0.39 is 0 Å². The Morgan fingerprint density at radius 1 is 1.17 bits per heavy atom. The third kappa shape index (κ3) is 2.53. The van der Waals surface area contributed by atoms with Crippen molar-refractivity contribution in [1.82, 2.24) is 14.5 Å². The minimum Gasteiger partial charge on any atom is -0.369 e. The molecule has 1 unspecified atom stereocenters. The van der Waals surface area contributed by atoms with Crippen LogP contribution in [-0.4, -0.2) is 47.2 Å². The van der Waals surface area contributed by atoms with Crippen LogP contribution in [0.15, 0.2) is 23.0 Å². The van der Waals surface area contributed by atoms with E-state index in [0.717, 1.165) is 54.9 Å². The van der Waals surface area contributed by atoms with Gasteiger partial charge in [0.25, 0.3) is 5.56 Å². The molecule has 1 saturated heterocycles. The largest absolute Gasteiger partial charge is 0.369 e. The fraction of sp³-hybridized carbons (Fsp3) is 0.556. The van der Waals surface area contributed by atoms with Gasteiger partial charge in [0, 0.05) is 44.3 Å². The summed E-state index contributed by atoms with van der Waals surface area (Å²) >= 11 is 0. The predicted molar refractivity (Wildman–Crippen MR) is 93.3 cm³/mol. The lowest BCUT2D eigenvalue weighted by molar-refractivity contribution is 0.234. The molecule has 0 spiro atoms. The summed E-state index contributed by atoms with van der Waals surface area (Å²) in [5.41, 5.74) is 2.05. The van der Waals surface area contributed by atoms with Crippen LogP contribution in [0.1, 0.15) is 31.5 Å². The second-order valence-corrected chi connectivity index (χ2v) is 7.09. The molecule has 1 aromatic carbocycles. The maximum Gasteiger partial charge on any atom is 0.261 e. The number of aromatic nitrogens is 2. The van der Waals surface area contributed by atoms with Crippen LogP contribution >= 0.6 is 0 Å². The van der Waals surface area contributed by atoms with Crippen molar-refractivity contribution in [1.29, 1.82) is 0 Å². The van der Waals surface area contributed by atoms with Gasteiger partial charge in [-0.05, 0) is 45.0 Å². The van der Waals surface area contributed by atoms with Gasteiger partial charge in [0.2, 0.25) is 0 Å². The van der Waals surface area contributed by atoms with E-state index in [1.807, 2.05) is 19.2 Å². The third-order valence-electron chi connectivity index (χ3n) is 5.36. The fourth-order valence-corrected chi connectivity index (χ4v) is 3.46. The van der Waals surface area contributed by atoms with Crippen LogP contribution in [0.2, 0.25) is 0 Å². The summed E-state index contributed by atoms with van der Waals surface area (Å²) in [5.74, 6) is 1.43. The number of hydrogen-bond donors (Lipinski definition) is 0. The molecule has 1 aliphatic heterocycles. The molecule has 2 fully saturated rings. The van der Waals surface area contributed by atoms with Gasteiger partial charge in [-0.1, -0.05) is 0 Å². The molecule has 2 aliphatic rings. The van der Waals surface area contributed by atoms with Crippen molar-refractivity contribution in [2.24, 2.45) is 7.05 Å². The summed E-state index contributed by atoms with van der Waals surface area (Å²) < 4.78 is 1.75. The molecule has 1 saturated carbocycles. The number of rotatable bonds is 2. The minimum atomic E-state index is 0.0842. The molecule has 1 atom stereocenters. The highest BCUT2D eigenvalue weighted by Gasteiger charge is 2.28. The van der Waals surface area contributed by atoms with E-state index in [9.17, 15) is 4.79 Å². The zero-order chi connectivity index (χ0) is 16.1. The molecule has 0 N–H and O–H groups in total. The molecule has 0 amide bonds. The summed E-state index contributed by atoms with van der Waals surface area (Å²) in [5, 5.41) is 0.737. The van der Waals surface area contributed by atoms with Crippen LogP contribution in [0.3, 0.4) is 0 Å². The van der Waals surface area contributed by atoms with Crippen LogP contribution in [0.4, 0.5) is 5.69 Å². The number of nitrogens with zero attached hydrogens (tertiary/aromatic N) is 4. The highest BCUT2D eigenvalue weighted by molar-refractivity contribution is 5.82. The highest BCUT2D eigenvalue weighted by atomic mass is 16.1. The highest BCUT2D eigenvalue weighted by Crippen LogP contribution is 2.38. The van der Waals surface area contributed by atoms with E-state index in [0.29, 0.717) is 12.0 Å². The van der Waals surface area contributed by atoms with Gasteiger partial charge in [-0.3, -0.25) is 9.36 Å². The fourth-order valence-electron chi connectivity index (χ4n) is 3.46. The Kier molecular flexibility index (Phi) is 3.41. The van der Waals surface area contributed by atoms with E-state index in [1.54, 1.807) is 4.57 Å². The van der Waals surface area contributed by atoms with E-state index in [-0.39, 0.29) is 5.56 Å². The Morgan fingerprint density at radius 3 is 2.65 bits per heavy atom. The molecule has 23 heavy (non-hydrogen) atoms. The molecule has 5 heteroatoms. The third-order valence-corrected chi connectivity index (χ3v) is 5.36. The van der Waals surface area contributed by atoms with Gasteiger partial charge in [-0.2, -0.15) is 0 Å². The van der Waals surface area contributed by atoms with Gasteiger partial charge in [0.1, 0.15) is 5.82 Å². The first-order valence-corrected chi connectivity index (χ1v) is 8.50. The summed E-state index contributed by atoms with van der Waals surface area (Å²) in [6.07, 6.45) is 2.31. The number of benzene rings is 1. The average molecular weight is 312 g/mol. The molecule has 2 aromatic rings. The smallest absolute Gasteiger partial charge is 0.261 e. The normalized spacial score (nSPS) is 22.7. The lowest BCUT2D eigenvalue weighted by atomic mass is 10.1. The van der Waals surface area contributed by atoms with Crippen LogP contribution in [0.5, 0.6) is 0 Å². The van der Waals surface area contributed by atoms with Crippen LogP contribution in [0, 0.1) is 0 Å². The molecule has 1 aliphatic carbocycles. The molecule has 1 aromatic heterocycles. The van der Waals surface area contributed by atoms with E-state index in [2.05, 4.69) is 29.8 Å². The number of piperazine rings is 1. The quantitative estimate of drug-likeness (QED) is 0.850. The Balaban J connectivity index is 1.75. The Hall–Kier alpha value is -1.88. The molecule has 122 valence electrons. The van der Waals surface area contributed by atoms with Gasteiger partial charge >= 0.3 is 0 Å². The second-order valence-electron chi connectivity index (χ2n) is 7.09. The number of anilines is 1. The van der Waals surface area contributed by atoms with Crippen molar-refractivity contribution < 1.29 is 0 Å². The SMILES string of the molecule is CC1CN(c2ccc3nc(C4CC4)n(C)c(=O)c3c2)CCN1C. The first-order valence-electron chi connectivity index (χ1n) is 8.50. The summed E-state index contributed by atoms with van der Waals surface area (Å²) in [6.45, 7) is 5.29. The second kappa shape index (κ2) is 5.34. The molecular formula is C18H24N4O. The summed E-state index contributed by atoms with van der Waals surface area (Å²) in [6, 6.07) is 6.68. The van der Waals surface area contributed by atoms with Crippen LogP contribution in [0.25, 0.3) is 10.9 Å². The average Bonchev–Trinajstić information content (AvgIpc) is 3.38. The van der Waals surface area contributed by atoms with Crippen LogP contribution in [-0.2, 0) is 7.05 Å². The number of fused-ring (bicyclic) bond motifs is 1. The molecule has 4 rings (SSSR count). The number of hydrogen-bond acceptors (Lipinski definition) is 4. The van der Waals surface area contributed by atoms with E-state index in [1.165, 1.54) is 0 Å². The van der Waals surface area contributed by atoms with Crippen molar-refractivity contribution in [2.45, 2.75) is 31.7 Å². The van der Waals surface area contributed by atoms with E-state index >= 15 is 0 Å². The summed E-state index contributed by atoms with van der Waals surface area (Å²) in [7, 11) is 4.02. The molecule has 0 radical (unpaired) electrons. The van der Waals surface area contributed by atoms with Gasteiger partial charge in [-0.25, -0.2) is 4.98 Å². The van der Waals surface area contributed by atoms with Crippen LogP contribution < -0.4 is 10.5 Å². The topological polar surface area (TPSA) is 41.4 Å². The van der Waals surface area contributed by atoms with Crippen molar-refractivity contribution in [2.75, 3.05) is 31.6 Å². The Morgan fingerprint density at radius 2 is 1.96 bits per heavy atom. The summed E-state index contributed by atoms with van der Waals surface area (Å²) in [4.78, 5) is 22.2. The van der Waals surface area contributed by atoms with Crippen molar-refractivity contribution in [3.63, 3.8) is 0 Å². The predicted octanol–water partition coefficient (Wildman–Crippen LogP) is 1.95. The zero-order valence-electron chi connectivity index (χ0n) is 14.1. The van der Waals surface area contributed by atoms with Gasteiger partial charge in [-0.15, -0.1) is 0 Å². The maximum atomic E-state index is 12.7. The first kappa shape index (κ1) is 14.7. The zero-order valence-corrected chi connectivity index (χ0v) is 14.1. The van der Waals surface area contributed by atoms with Gasteiger partial charge in [0.15, 0.2) is 0 Å². The van der Waals surface area contributed by atoms with Crippen molar-refractivity contribution >= 4 is 16.6 Å². The van der Waals surface area contributed by atoms with Crippen molar-refractivity contribution in [3.05, 3.63) is 34.4 Å². The first-order chi connectivity index (χ1) is 11.0. The Bertz CT molecular complexity index is 809. The lowest BCUT2D eigenvalue weighted by Gasteiger charge is -2.39. The standard InChI is InChI=1S/C18H24N4O/c1-12-11-22(9-8-20(12)2)14-6-7-16-15(10-14)18(23)21(3)17(19-16)13-4-5-13/h6-7,10,12-13H,4-5,8-9,11H2,1-3H3. The van der Waals surface area contributed by atoms with Gasteiger partial charge < -0.3 is 9.80 Å².